The van der Waals surface area contributed by atoms with Gasteiger partial charge in [-0.3, -0.25) is 14.2 Å². The van der Waals surface area contributed by atoms with E-state index in [0.717, 1.165) is 12.8 Å². The number of rotatable bonds is 4. The van der Waals surface area contributed by atoms with Gasteiger partial charge in [0.25, 0.3) is 5.56 Å². The number of thioether (sulfide) groups is 1. The number of esters is 1. The molecule has 0 spiro atoms. The third kappa shape index (κ3) is 3.41. The Morgan fingerprint density at radius 3 is 2.88 bits per heavy atom. The predicted molar refractivity (Wildman–Crippen MR) is 95.2 cm³/mol. The first-order valence-corrected chi connectivity index (χ1v) is 9.52. The van der Waals surface area contributed by atoms with Crippen LogP contribution in [-0.2, 0) is 20.8 Å². The lowest BCUT2D eigenvalue weighted by Gasteiger charge is -2.17. The van der Waals surface area contributed by atoms with Gasteiger partial charge in [0.05, 0.1) is 30.2 Å². The zero-order valence-corrected chi connectivity index (χ0v) is 15.0. The molecule has 0 radical (unpaired) electrons. The second-order valence-corrected chi connectivity index (χ2v) is 7.78. The summed E-state index contributed by atoms with van der Waals surface area (Å²) in [6, 6.07) is 5.05. The number of benzene rings is 1. The number of nitrogens with zero attached hydrogens (tertiary/aromatic N) is 2. The van der Waals surface area contributed by atoms with Crippen LogP contribution in [0.25, 0.3) is 10.9 Å². The zero-order chi connectivity index (χ0) is 17.4. The van der Waals surface area contributed by atoms with Gasteiger partial charge in [-0.05, 0) is 31.0 Å². The highest BCUT2D eigenvalue weighted by atomic mass is 35.5. The van der Waals surface area contributed by atoms with E-state index in [2.05, 4.69) is 4.98 Å². The summed E-state index contributed by atoms with van der Waals surface area (Å²) in [7, 11) is 0. The lowest BCUT2D eigenvalue weighted by Crippen LogP contribution is -2.29. The normalized spacial score (nSPS) is 23.3. The van der Waals surface area contributed by atoms with E-state index in [1.165, 1.54) is 11.8 Å². The molecule has 2 saturated heterocycles. The van der Waals surface area contributed by atoms with E-state index in [4.69, 9.17) is 21.1 Å². The molecule has 2 aromatic rings. The van der Waals surface area contributed by atoms with Gasteiger partial charge in [-0.2, -0.15) is 0 Å². The fourth-order valence-electron chi connectivity index (χ4n) is 3.13. The van der Waals surface area contributed by atoms with Crippen molar-refractivity contribution >= 4 is 40.2 Å². The topological polar surface area (TPSA) is 70.4 Å². The second kappa shape index (κ2) is 6.97. The van der Waals surface area contributed by atoms with Crippen LogP contribution in [0.15, 0.2) is 28.2 Å². The van der Waals surface area contributed by atoms with Gasteiger partial charge in [-0.15, -0.1) is 0 Å². The molecule has 4 rings (SSSR count). The van der Waals surface area contributed by atoms with E-state index >= 15 is 0 Å². The average molecular weight is 381 g/mol. The number of carbonyl (C=O) groups excluding carboxylic acids is 1. The van der Waals surface area contributed by atoms with Crippen LogP contribution in [0.4, 0.5) is 0 Å². The van der Waals surface area contributed by atoms with Crippen molar-refractivity contribution < 1.29 is 14.3 Å². The molecular formula is C17H17ClN2O4S. The van der Waals surface area contributed by atoms with Crippen molar-refractivity contribution in [3.8, 4) is 0 Å². The molecule has 6 nitrogen and oxygen atoms in total. The van der Waals surface area contributed by atoms with Crippen LogP contribution in [0.2, 0.25) is 5.02 Å². The van der Waals surface area contributed by atoms with E-state index in [9.17, 15) is 9.59 Å². The standard InChI is InChI=1S/C17H17ClN2O4S/c18-10-3-4-12-13(8-10)19-17(25-14-5-7-24-16(14)22)20(15(12)21)9-11-2-1-6-23-11/h3-4,8,11,14H,1-2,5-7,9H2/t11-,14+/m1/s1. The lowest BCUT2D eigenvalue weighted by atomic mass is 10.2. The Morgan fingerprint density at radius 2 is 2.16 bits per heavy atom. The third-order valence-electron chi connectivity index (χ3n) is 4.43. The van der Waals surface area contributed by atoms with Gasteiger partial charge in [0.15, 0.2) is 5.16 Å². The number of fused-ring (bicyclic) bond motifs is 1. The van der Waals surface area contributed by atoms with Gasteiger partial charge in [0, 0.05) is 18.1 Å². The molecule has 3 heterocycles. The molecule has 1 aromatic carbocycles. The maximum absolute atomic E-state index is 13.0. The molecule has 0 unspecified atom stereocenters. The van der Waals surface area contributed by atoms with E-state index in [1.54, 1.807) is 22.8 Å². The Kier molecular flexibility index (Phi) is 4.71. The summed E-state index contributed by atoms with van der Waals surface area (Å²) >= 11 is 7.33. The first-order chi connectivity index (χ1) is 12.1. The molecule has 2 aliphatic heterocycles. The number of hydrogen-bond acceptors (Lipinski definition) is 6. The summed E-state index contributed by atoms with van der Waals surface area (Å²) in [5, 5.41) is 1.21. The van der Waals surface area contributed by atoms with Crippen molar-refractivity contribution in [2.75, 3.05) is 13.2 Å². The van der Waals surface area contributed by atoms with Crippen molar-refractivity contribution in [1.29, 1.82) is 0 Å². The van der Waals surface area contributed by atoms with Crippen LogP contribution in [0.3, 0.4) is 0 Å². The summed E-state index contributed by atoms with van der Waals surface area (Å²) in [5.74, 6) is -0.255. The molecule has 25 heavy (non-hydrogen) atoms. The molecule has 0 bridgehead atoms. The molecule has 2 atom stereocenters. The second-order valence-electron chi connectivity index (χ2n) is 6.17. The van der Waals surface area contributed by atoms with Gasteiger partial charge in [-0.25, -0.2) is 4.98 Å². The first kappa shape index (κ1) is 16.9. The van der Waals surface area contributed by atoms with Crippen LogP contribution < -0.4 is 5.56 Å². The molecule has 2 fully saturated rings. The Morgan fingerprint density at radius 1 is 1.28 bits per heavy atom. The molecule has 132 valence electrons. The fraction of sp³-hybridized carbons (Fsp3) is 0.471. The van der Waals surface area contributed by atoms with Crippen molar-refractivity contribution in [3.05, 3.63) is 33.6 Å². The SMILES string of the molecule is O=C1OCC[C@@H]1Sc1nc2cc(Cl)ccc2c(=O)n1C[C@H]1CCCO1. The van der Waals surface area contributed by atoms with Crippen LogP contribution in [0, 0.1) is 0 Å². The molecule has 0 N–H and O–H groups in total. The predicted octanol–water partition coefficient (Wildman–Crippen LogP) is 2.64. The van der Waals surface area contributed by atoms with E-state index in [1.807, 2.05) is 0 Å². The summed E-state index contributed by atoms with van der Waals surface area (Å²) in [4.78, 5) is 29.4. The Balaban J connectivity index is 1.78. The number of halogens is 1. The number of cyclic esters (lactones) is 1. The van der Waals surface area contributed by atoms with Crippen LogP contribution in [-0.4, -0.2) is 40.1 Å². The minimum atomic E-state index is -0.334. The first-order valence-electron chi connectivity index (χ1n) is 8.27. The Bertz CT molecular complexity index is 879. The summed E-state index contributed by atoms with van der Waals surface area (Å²) in [5.41, 5.74) is 0.404. The van der Waals surface area contributed by atoms with Crippen molar-refractivity contribution in [2.45, 2.75) is 42.3 Å². The summed E-state index contributed by atoms with van der Waals surface area (Å²) in [6.07, 6.45) is 2.53. The van der Waals surface area contributed by atoms with Gasteiger partial charge in [0.1, 0.15) is 5.25 Å². The zero-order valence-electron chi connectivity index (χ0n) is 13.4. The van der Waals surface area contributed by atoms with Crippen LogP contribution in [0.1, 0.15) is 19.3 Å². The van der Waals surface area contributed by atoms with E-state index in [0.29, 0.717) is 47.3 Å². The number of carbonyl (C=O) groups is 1. The van der Waals surface area contributed by atoms with Crippen LogP contribution >= 0.6 is 23.4 Å². The lowest BCUT2D eigenvalue weighted by molar-refractivity contribution is -0.137. The maximum atomic E-state index is 13.0. The van der Waals surface area contributed by atoms with E-state index < -0.39 is 0 Å². The molecule has 0 aliphatic carbocycles. The average Bonchev–Trinajstić information content (AvgIpc) is 3.23. The highest BCUT2D eigenvalue weighted by Gasteiger charge is 2.30. The number of ether oxygens (including phenoxy) is 2. The Hall–Kier alpha value is -1.57. The van der Waals surface area contributed by atoms with Gasteiger partial charge >= 0.3 is 5.97 Å². The largest absolute Gasteiger partial charge is 0.465 e. The smallest absolute Gasteiger partial charge is 0.319 e. The summed E-state index contributed by atoms with van der Waals surface area (Å²) < 4.78 is 12.3. The minimum Gasteiger partial charge on any atom is -0.465 e. The quantitative estimate of drug-likeness (QED) is 0.600. The molecule has 0 saturated carbocycles. The summed E-state index contributed by atoms with van der Waals surface area (Å²) in [6.45, 7) is 1.56. The Labute approximate surface area is 153 Å². The molecular weight excluding hydrogens is 364 g/mol. The number of hydrogen-bond donors (Lipinski definition) is 0. The third-order valence-corrected chi connectivity index (χ3v) is 5.90. The monoisotopic (exact) mass is 380 g/mol. The highest BCUT2D eigenvalue weighted by molar-refractivity contribution is 8.00. The van der Waals surface area contributed by atoms with Gasteiger partial charge in [-0.1, -0.05) is 23.4 Å². The molecule has 8 heteroatoms. The van der Waals surface area contributed by atoms with Crippen molar-refractivity contribution in [3.63, 3.8) is 0 Å². The molecule has 2 aliphatic rings. The van der Waals surface area contributed by atoms with E-state index in [-0.39, 0.29) is 22.9 Å². The maximum Gasteiger partial charge on any atom is 0.319 e. The van der Waals surface area contributed by atoms with Crippen molar-refractivity contribution in [1.82, 2.24) is 9.55 Å². The van der Waals surface area contributed by atoms with Crippen LogP contribution in [0.5, 0.6) is 0 Å². The number of aromatic nitrogens is 2. The fourth-order valence-corrected chi connectivity index (χ4v) is 4.36. The molecule has 0 amide bonds. The van der Waals surface area contributed by atoms with Crippen molar-refractivity contribution in [2.24, 2.45) is 0 Å². The molecule has 1 aromatic heterocycles. The van der Waals surface area contributed by atoms with Gasteiger partial charge < -0.3 is 9.47 Å². The highest BCUT2D eigenvalue weighted by Crippen LogP contribution is 2.30. The van der Waals surface area contributed by atoms with Gasteiger partial charge in [0.2, 0.25) is 0 Å². The minimum absolute atomic E-state index is 0.000806.